The fourth-order valence-electron chi connectivity index (χ4n) is 2.13. The van der Waals surface area contributed by atoms with Gasteiger partial charge in [-0.15, -0.1) is 0 Å². The molecular formula is C12H10N2O4. The second-order valence-electron chi connectivity index (χ2n) is 4.25. The van der Waals surface area contributed by atoms with Crippen LogP contribution in [-0.4, -0.2) is 28.5 Å². The number of fused-ring (bicyclic) bond motifs is 1. The van der Waals surface area contributed by atoms with E-state index >= 15 is 0 Å². The minimum atomic E-state index is -0.938. The smallest absolute Gasteiger partial charge is 0.308 e. The average Bonchev–Trinajstić information content (AvgIpc) is 2.93. The van der Waals surface area contributed by atoms with Crippen molar-refractivity contribution in [1.82, 2.24) is 4.98 Å². The maximum Gasteiger partial charge on any atom is 0.308 e. The minimum absolute atomic E-state index is 0.0454. The molecule has 0 aliphatic carbocycles. The molecular weight excluding hydrogens is 236 g/mol. The van der Waals surface area contributed by atoms with E-state index in [1.807, 2.05) is 0 Å². The zero-order valence-corrected chi connectivity index (χ0v) is 9.37. The molecule has 2 aromatic rings. The molecule has 1 saturated heterocycles. The van der Waals surface area contributed by atoms with Gasteiger partial charge in [0.1, 0.15) is 5.52 Å². The average molecular weight is 246 g/mol. The van der Waals surface area contributed by atoms with Gasteiger partial charge in [0.15, 0.2) is 12.0 Å². The predicted octanol–water partition coefficient (Wildman–Crippen LogP) is 1.27. The molecule has 1 N–H and O–H groups in total. The molecule has 1 fully saturated rings. The number of carboxylic acids is 1. The Labute approximate surface area is 102 Å². The molecule has 6 nitrogen and oxygen atoms in total. The Balaban J connectivity index is 1.94. The molecule has 1 aromatic carbocycles. The lowest BCUT2D eigenvalue weighted by Crippen LogP contribution is -2.25. The maximum atomic E-state index is 11.8. The molecule has 18 heavy (non-hydrogen) atoms. The van der Waals surface area contributed by atoms with Crippen LogP contribution in [0.4, 0.5) is 5.69 Å². The summed E-state index contributed by atoms with van der Waals surface area (Å²) in [6.07, 6.45) is 1.38. The van der Waals surface area contributed by atoms with Gasteiger partial charge in [-0.1, -0.05) is 0 Å². The molecule has 0 radical (unpaired) electrons. The highest BCUT2D eigenvalue weighted by Crippen LogP contribution is 2.27. The summed E-state index contributed by atoms with van der Waals surface area (Å²) >= 11 is 0. The summed E-state index contributed by atoms with van der Waals surface area (Å²) in [4.78, 5) is 28.1. The van der Waals surface area contributed by atoms with Crippen molar-refractivity contribution >= 4 is 28.7 Å². The predicted molar refractivity (Wildman–Crippen MR) is 62.1 cm³/mol. The van der Waals surface area contributed by atoms with E-state index in [1.165, 1.54) is 11.3 Å². The maximum absolute atomic E-state index is 11.8. The summed E-state index contributed by atoms with van der Waals surface area (Å²) in [5.74, 6) is -1.75. The summed E-state index contributed by atoms with van der Waals surface area (Å²) in [7, 11) is 0. The number of aromatic nitrogens is 1. The number of carbonyl (C=O) groups excluding carboxylic acids is 1. The quantitative estimate of drug-likeness (QED) is 0.862. The third kappa shape index (κ3) is 1.62. The van der Waals surface area contributed by atoms with Crippen LogP contribution in [0.15, 0.2) is 29.0 Å². The van der Waals surface area contributed by atoms with E-state index in [9.17, 15) is 9.59 Å². The monoisotopic (exact) mass is 246 g/mol. The lowest BCUT2D eigenvalue weighted by molar-refractivity contribution is -0.141. The Hall–Kier alpha value is -2.37. The second-order valence-corrected chi connectivity index (χ2v) is 4.25. The number of carbonyl (C=O) groups is 2. The van der Waals surface area contributed by atoms with E-state index in [-0.39, 0.29) is 18.9 Å². The van der Waals surface area contributed by atoms with Crippen molar-refractivity contribution in [2.75, 3.05) is 11.4 Å². The van der Waals surface area contributed by atoms with E-state index in [4.69, 9.17) is 9.52 Å². The molecule has 6 heteroatoms. The van der Waals surface area contributed by atoms with Crippen molar-refractivity contribution in [3.8, 4) is 0 Å². The van der Waals surface area contributed by atoms with Crippen LogP contribution < -0.4 is 4.90 Å². The Bertz CT molecular complexity index is 634. The van der Waals surface area contributed by atoms with Gasteiger partial charge in [0.05, 0.1) is 5.92 Å². The Morgan fingerprint density at radius 2 is 2.33 bits per heavy atom. The minimum Gasteiger partial charge on any atom is -0.481 e. The molecule has 1 atom stereocenters. The van der Waals surface area contributed by atoms with Crippen molar-refractivity contribution in [2.45, 2.75) is 6.42 Å². The SMILES string of the molecule is O=C(O)C1CC(=O)N(c2ccc3ncoc3c2)C1. The van der Waals surface area contributed by atoms with Crippen LogP contribution in [0, 0.1) is 5.92 Å². The first-order chi connectivity index (χ1) is 8.65. The van der Waals surface area contributed by atoms with Crippen molar-refractivity contribution < 1.29 is 19.1 Å². The Morgan fingerprint density at radius 1 is 1.50 bits per heavy atom. The fraction of sp³-hybridized carbons (Fsp3) is 0.250. The van der Waals surface area contributed by atoms with Crippen molar-refractivity contribution in [2.24, 2.45) is 5.92 Å². The first-order valence-corrected chi connectivity index (χ1v) is 5.51. The topological polar surface area (TPSA) is 83.6 Å². The normalized spacial score (nSPS) is 19.7. The molecule has 0 spiro atoms. The Morgan fingerprint density at radius 3 is 3.06 bits per heavy atom. The van der Waals surface area contributed by atoms with Crippen LogP contribution in [0.25, 0.3) is 11.1 Å². The number of hydrogen-bond donors (Lipinski definition) is 1. The summed E-state index contributed by atoms with van der Waals surface area (Å²) in [6.45, 7) is 0.202. The summed E-state index contributed by atoms with van der Waals surface area (Å²) < 4.78 is 5.16. The van der Waals surface area contributed by atoms with Crippen LogP contribution >= 0.6 is 0 Å². The van der Waals surface area contributed by atoms with Crippen LogP contribution in [0.1, 0.15) is 6.42 Å². The highest BCUT2D eigenvalue weighted by molar-refractivity contribution is 6.00. The van der Waals surface area contributed by atoms with Crippen LogP contribution in [-0.2, 0) is 9.59 Å². The molecule has 1 aromatic heterocycles. The highest BCUT2D eigenvalue weighted by Gasteiger charge is 2.35. The molecule has 92 valence electrons. The molecule has 0 saturated carbocycles. The summed E-state index contributed by atoms with van der Waals surface area (Å²) in [5.41, 5.74) is 1.94. The van der Waals surface area contributed by atoms with Crippen molar-refractivity contribution in [1.29, 1.82) is 0 Å². The number of benzene rings is 1. The van der Waals surface area contributed by atoms with Crippen molar-refractivity contribution in [3.05, 3.63) is 24.6 Å². The molecule has 1 aliphatic rings. The molecule has 3 rings (SSSR count). The first-order valence-electron chi connectivity index (χ1n) is 5.51. The van der Waals surface area contributed by atoms with E-state index in [1.54, 1.807) is 18.2 Å². The number of hydrogen-bond acceptors (Lipinski definition) is 4. The van der Waals surface area contributed by atoms with Gasteiger partial charge in [-0.05, 0) is 12.1 Å². The first kappa shape index (κ1) is 10.8. The third-order valence-corrected chi connectivity index (χ3v) is 3.10. The molecule has 1 aliphatic heterocycles. The number of carboxylic acid groups (broad SMARTS) is 1. The summed E-state index contributed by atoms with van der Waals surface area (Å²) in [5, 5.41) is 8.93. The van der Waals surface area contributed by atoms with Gasteiger partial charge in [0.25, 0.3) is 0 Å². The van der Waals surface area contributed by atoms with E-state index in [0.29, 0.717) is 16.8 Å². The van der Waals surface area contributed by atoms with Gasteiger partial charge in [-0.3, -0.25) is 9.59 Å². The zero-order chi connectivity index (χ0) is 12.7. The van der Waals surface area contributed by atoms with Gasteiger partial charge in [-0.2, -0.15) is 0 Å². The Kier molecular flexibility index (Phi) is 2.29. The van der Waals surface area contributed by atoms with Gasteiger partial charge >= 0.3 is 5.97 Å². The number of rotatable bonds is 2. The molecule has 1 amide bonds. The standard InChI is InChI=1S/C12H10N2O4/c15-11-3-7(12(16)17)5-14(11)8-1-2-9-10(4-8)18-6-13-9/h1-2,4,6-7H,3,5H2,(H,16,17). The van der Waals surface area contributed by atoms with E-state index in [2.05, 4.69) is 4.98 Å². The van der Waals surface area contributed by atoms with Gasteiger partial charge in [0, 0.05) is 24.7 Å². The zero-order valence-electron chi connectivity index (χ0n) is 9.37. The number of aliphatic carboxylic acids is 1. The van der Waals surface area contributed by atoms with Crippen LogP contribution in [0.3, 0.4) is 0 Å². The summed E-state index contributed by atoms with van der Waals surface area (Å²) in [6, 6.07) is 5.19. The lowest BCUT2D eigenvalue weighted by Gasteiger charge is -2.15. The molecule has 1 unspecified atom stereocenters. The molecule has 0 bridgehead atoms. The van der Waals surface area contributed by atoms with E-state index in [0.717, 1.165) is 0 Å². The van der Waals surface area contributed by atoms with Crippen molar-refractivity contribution in [3.63, 3.8) is 0 Å². The number of amides is 1. The lowest BCUT2D eigenvalue weighted by atomic mass is 10.1. The number of anilines is 1. The molecule has 2 heterocycles. The largest absolute Gasteiger partial charge is 0.481 e. The highest BCUT2D eigenvalue weighted by atomic mass is 16.4. The van der Waals surface area contributed by atoms with Crippen LogP contribution in [0.5, 0.6) is 0 Å². The van der Waals surface area contributed by atoms with Gasteiger partial charge in [0.2, 0.25) is 5.91 Å². The third-order valence-electron chi connectivity index (χ3n) is 3.10. The van der Waals surface area contributed by atoms with Crippen LogP contribution in [0.2, 0.25) is 0 Å². The number of oxazole rings is 1. The second kappa shape index (κ2) is 3.83. The van der Waals surface area contributed by atoms with Gasteiger partial charge < -0.3 is 14.4 Å². The number of nitrogens with zero attached hydrogens (tertiary/aromatic N) is 2. The fourth-order valence-corrected chi connectivity index (χ4v) is 2.13. The van der Waals surface area contributed by atoms with E-state index < -0.39 is 11.9 Å². The van der Waals surface area contributed by atoms with Gasteiger partial charge in [-0.25, -0.2) is 4.98 Å².